The van der Waals surface area contributed by atoms with Crippen LogP contribution in [0, 0.1) is 11.3 Å². The highest BCUT2D eigenvalue weighted by atomic mass is 35.5. The second-order valence-electron chi connectivity index (χ2n) is 9.36. The van der Waals surface area contributed by atoms with Crippen LogP contribution < -0.4 is 16.4 Å². The Morgan fingerprint density at radius 3 is 2.21 bits per heavy atom. The average molecular weight is 699 g/mol. The molecule has 3 aromatic heterocycles. The summed E-state index contributed by atoms with van der Waals surface area (Å²) in [5, 5.41) is 27.6. The highest BCUT2D eigenvalue weighted by molar-refractivity contribution is 6.36. The number of carbonyl (C=O) groups excluding carboxylic acids is 1. The van der Waals surface area contributed by atoms with Gasteiger partial charge in [0.25, 0.3) is 0 Å². The number of hydrogen-bond acceptors (Lipinski definition) is 11. The summed E-state index contributed by atoms with van der Waals surface area (Å²) in [6.45, 7) is 8.37. The summed E-state index contributed by atoms with van der Waals surface area (Å²) in [6, 6.07) is 12.0. The molecule has 5 N–H and O–H groups in total. The van der Waals surface area contributed by atoms with Crippen molar-refractivity contribution >= 4 is 58.2 Å². The van der Waals surface area contributed by atoms with Crippen molar-refractivity contribution in [3.05, 3.63) is 57.8 Å². The Morgan fingerprint density at radius 1 is 1.04 bits per heavy atom. The average Bonchev–Trinajstić information content (AvgIpc) is 3.45. The number of aliphatic carboxylic acids is 1. The van der Waals surface area contributed by atoms with Crippen LogP contribution in [0.1, 0.15) is 49.8 Å². The summed E-state index contributed by atoms with van der Waals surface area (Å²) < 4.78 is 38.3. The van der Waals surface area contributed by atoms with Crippen LogP contribution in [0.25, 0.3) is 16.9 Å². The maximum Gasteiger partial charge on any atom is 0.490 e. The van der Waals surface area contributed by atoms with Gasteiger partial charge in [-0.25, -0.2) is 19.7 Å². The fourth-order valence-corrected chi connectivity index (χ4v) is 3.92. The number of nitrogens with two attached hydrogens (primary N) is 1. The quantitative estimate of drug-likeness (QED) is 0.104. The fraction of sp³-hybridized carbons (Fsp3) is 0.345. The minimum Gasteiger partial charge on any atom is -0.475 e. The van der Waals surface area contributed by atoms with Crippen LogP contribution in [0.4, 0.5) is 30.8 Å². The minimum absolute atomic E-state index is 0.0783. The van der Waals surface area contributed by atoms with Crippen LogP contribution in [0.2, 0.25) is 10.0 Å². The van der Waals surface area contributed by atoms with E-state index in [0.29, 0.717) is 57.4 Å². The molecule has 0 aliphatic heterocycles. The molecule has 0 fully saturated rings. The van der Waals surface area contributed by atoms with Gasteiger partial charge in [0.15, 0.2) is 11.4 Å². The molecule has 0 radical (unpaired) electrons. The number of carboxylic acids is 1. The number of Topliss-reactive ketones (excluding diaryl/α,β-unsaturated/α-hetero) is 1. The molecule has 0 amide bonds. The van der Waals surface area contributed by atoms with E-state index in [4.69, 9.17) is 48.8 Å². The molecule has 0 unspecified atom stereocenters. The van der Waals surface area contributed by atoms with Crippen molar-refractivity contribution in [1.82, 2.24) is 24.6 Å². The number of ketones is 1. The van der Waals surface area contributed by atoms with Crippen LogP contribution in [-0.2, 0) is 9.53 Å². The molecule has 252 valence electrons. The Kier molecular flexibility index (Phi) is 15.1. The molecule has 47 heavy (non-hydrogen) atoms. The molecule has 4 aromatic rings. The third-order valence-corrected chi connectivity index (χ3v) is 6.09. The van der Waals surface area contributed by atoms with E-state index in [1.54, 1.807) is 36.4 Å². The summed E-state index contributed by atoms with van der Waals surface area (Å²) in [4.78, 5) is 33.8. The SMILES string of the molecule is CC(=O)c1nc2cc(-c3ccc(Cl)cc3Cl)nc(NCCNc3ccc(C#N)c(N)n3)n2n1.CCCOCCC.O=C(O)C(F)(F)F. The topological polar surface area (TPSA) is 193 Å². The van der Waals surface area contributed by atoms with Crippen molar-refractivity contribution in [2.75, 3.05) is 42.7 Å². The Morgan fingerprint density at radius 2 is 1.68 bits per heavy atom. The van der Waals surface area contributed by atoms with Gasteiger partial charge in [-0.1, -0.05) is 37.0 Å². The fourth-order valence-electron chi connectivity index (χ4n) is 3.41. The highest BCUT2D eigenvalue weighted by Crippen LogP contribution is 2.30. The number of fused-ring (bicyclic) bond motifs is 1. The van der Waals surface area contributed by atoms with Gasteiger partial charge in [-0.2, -0.15) is 22.9 Å². The molecule has 3 heterocycles. The minimum atomic E-state index is -5.08. The first kappa shape index (κ1) is 38.5. The molecule has 0 saturated carbocycles. The summed E-state index contributed by atoms with van der Waals surface area (Å²) >= 11 is 12.4. The van der Waals surface area contributed by atoms with E-state index in [1.807, 2.05) is 6.07 Å². The number of halogens is 5. The molecule has 0 bridgehead atoms. The lowest BCUT2D eigenvalue weighted by Gasteiger charge is -2.11. The number of aromatic nitrogens is 5. The number of ether oxygens (including phenoxy) is 1. The molecule has 1 aromatic carbocycles. The lowest BCUT2D eigenvalue weighted by atomic mass is 10.1. The summed E-state index contributed by atoms with van der Waals surface area (Å²) in [5.41, 5.74) is 7.71. The van der Waals surface area contributed by atoms with Crippen LogP contribution in [0.3, 0.4) is 0 Å². The second kappa shape index (κ2) is 18.4. The molecular weight excluding hydrogens is 666 g/mol. The zero-order chi connectivity index (χ0) is 35.1. The van der Waals surface area contributed by atoms with E-state index in [1.165, 1.54) is 11.4 Å². The molecule has 18 heteroatoms. The predicted octanol–water partition coefficient (Wildman–Crippen LogP) is 6.13. The van der Waals surface area contributed by atoms with E-state index >= 15 is 0 Å². The van der Waals surface area contributed by atoms with Gasteiger partial charge in [-0.05, 0) is 43.2 Å². The molecular formula is C29H32Cl2F3N9O4. The van der Waals surface area contributed by atoms with Crippen LogP contribution in [0.5, 0.6) is 0 Å². The monoisotopic (exact) mass is 697 g/mol. The van der Waals surface area contributed by atoms with Gasteiger partial charge in [-0.15, -0.1) is 5.10 Å². The van der Waals surface area contributed by atoms with Crippen molar-refractivity contribution in [3.8, 4) is 17.3 Å². The summed E-state index contributed by atoms with van der Waals surface area (Å²) in [7, 11) is 0. The number of anilines is 3. The number of nitriles is 1. The van der Waals surface area contributed by atoms with Gasteiger partial charge in [0, 0.05) is 49.9 Å². The zero-order valence-electron chi connectivity index (χ0n) is 25.5. The lowest BCUT2D eigenvalue weighted by Crippen LogP contribution is -2.21. The summed E-state index contributed by atoms with van der Waals surface area (Å²) in [5.74, 6) is -1.87. The number of nitrogen functional groups attached to an aromatic ring is 1. The molecule has 0 saturated heterocycles. The third kappa shape index (κ3) is 12.2. The van der Waals surface area contributed by atoms with Crippen LogP contribution in [0.15, 0.2) is 36.4 Å². The van der Waals surface area contributed by atoms with E-state index in [-0.39, 0.29) is 17.4 Å². The number of carbonyl (C=O) groups is 2. The van der Waals surface area contributed by atoms with Gasteiger partial charge >= 0.3 is 12.1 Å². The predicted molar refractivity (Wildman–Crippen MR) is 172 cm³/mol. The van der Waals surface area contributed by atoms with Crippen molar-refractivity contribution < 1.29 is 32.6 Å². The number of rotatable bonds is 11. The first-order valence-corrected chi connectivity index (χ1v) is 14.7. The molecule has 0 aliphatic rings. The van der Waals surface area contributed by atoms with Crippen LogP contribution >= 0.6 is 23.2 Å². The van der Waals surface area contributed by atoms with E-state index < -0.39 is 12.1 Å². The number of carboxylic acid groups (broad SMARTS) is 1. The normalized spacial score (nSPS) is 10.6. The molecule has 0 spiro atoms. The largest absolute Gasteiger partial charge is 0.490 e. The maximum atomic E-state index is 11.8. The number of alkyl halides is 3. The van der Waals surface area contributed by atoms with E-state index in [2.05, 4.69) is 44.5 Å². The van der Waals surface area contributed by atoms with Crippen molar-refractivity contribution in [2.24, 2.45) is 0 Å². The van der Waals surface area contributed by atoms with Crippen molar-refractivity contribution in [2.45, 2.75) is 39.8 Å². The number of nitrogens with one attached hydrogen (secondary N) is 2. The van der Waals surface area contributed by atoms with Gasteiger partial charge in [0.05, 0.1) is 16.3 Å². The Labute approximate surface area is 277 Å². The Balaban J connectivity index is 0.000000459. The molecule has 4 rings (SSSR count). The second-order valence-corrected chi connectivity index (χ2v) is 10.2. The standard InChI is InChI=1S/C21H17Cl2N9O.C6H14O.C2HF3O2/c1-11(33)20-30-18-9-16(14-4-3-13(22)8-15(14)23)28-21(32(18)31-20)27-7-6-26-17-5-2-12(10-24)19(25)29-17;1-3-5-7-6-4-2;3-2(4,5)1(6)7/h2-5,8-9H,6-7H2,1H3,(H,27,28)(H3,25,26,29);3-6H2,1-2H3;(H,6,7). The number of hydrogen-bond donors (Lipinski definition) is 4. The molecule has 0 atom stereocenters. The number of benzene rings is 1. The van der Waals surface area contributed by atoms with Gasteiger partial charge in [0.1, 0.15) is 17.7 Å². The highest BCUT2D eigenvalue weighted by Gasteiger charge is 2.38. The zero-order valence-corrected chi connectivity index (χ0v) is 27.0. The summed E-state index contributed by atoms with van der Waals surface area (Å²) in [6.07, 6.45) is -2.81. The number of pyridine rings is 1. The van der Waals surface area contributed by atoms with E-state index in [9.17, 15) is 18.0 Å². The first-order chi connectivity index (χ1) is 22.2. The van der Waals surface area contributed by atoms with Gasteiger partial charge < -0.3 is 26.2 Å². The van der Waals surface area contributed by atoms with Crippen LogP contribution in [-0.4, -0.2) is 73.9 Å². The van der Waals surface area contributed by atoms with Gasteiger partial charge in [0.2, 0.25) is 11.8 Å². The molecule has 13 nitrogen and oxygen atoms in total. The third-order valence-electron chi connectivity index (χ3n) is 5.55. The molecule has 0 aliphatic carbocycles. The first-order valence-electron chi connectivity index (χ1n) is 14.0. The van der Waals surface area contributed by atoms with Crippen molar-refractivity contribution in [1.29, 1.82) is 5.26 Å². The maximum absolute atomic E-state index is 11.8. The Bertz CT molecular complexity index is 1710. The van der Waals surface area contributed by atoms with Crippen molar-refractivity contribution in [3.63, 3.8) is 0 Å². The Hall–Kier alpha value is -4.72. The van der Waals surface area contributed by atoms with Gasteiger partial charge in [-0.3, -0.25) is 4.79 Å². The lowest BCUT2D eigenvalue weighted by molar-refractivity contribution is -0.192. The van der Waals surface area contributed by atoms with E-state index in [0.717, 1.165) is 26.1 Å². The number of nitrogens with zero attached hydrogens (tertiary/aromatic N) is 6. The smallest absolute Gasteiger partial charge is 0.475 e.